The van der Waals surface area contributed by atoms with Crippen LogP contribution in [0.1, 0.15) is 11.7 Å². The number of hydrogen-bond donors (Lipinski definition) is 2. The molecule has 0 spiro atoms. The summed E-state index contributed by atoms with van der Waals surface area (Å²) in [5.41, 5.74) is 0.00690. The molecule has 0 bridgehead atoms. The molecule has 0 saturated carbocycles. The molecule has 0 aliphatic carbocycles. The first-order valence-electron chi connectivity index (χ1n) is 5.90. The zero-order valence-electron chi connectivity index (χ0n) is 10.5. The number of aliphatic hydroxyl groups is 1. The fraction of sp³-hybridized carbons (Fsp3) is 0.143. The molecule has 0 saturated heterocycles. The van der Waals surface area contributed by atoms with Crippen LogP contribution in [-0.4, -0.2) is 11.7 Å². The van der Waals surface area contributed by atoms with Crippen molar-refractivity contribution in [2.45, 2.75) is 6.10 Å². The minimum Gasteiger partial charge on any atom is -0.386 e. The molecule has 2 N–H and O–H groups in total. The first-order chi connectivity index (χ1) is 9.88. The first-order valence-corrected chi connectivity index (χ1v) is 6.65. The summed E-state index contributed by atoms with van der Waals surface area (Å²) in [7, 11) is 0. The number of anilines is 1. The zero-order chi connectivity index (χ0) is 15.6. The van der Waals surface area contributed by atoms with Crippen molar-refractivity contribution in [3.8, 4) is 0 Å². The maximum Gasteiger partial charge on any atom is 0.129 e. The summed E-state index contributed by atoms with van der Waals surface area (Å²) in [5, 5.41) is 12.6. The standard InChI is InChI=1S/C14H10Cl2F3NO/c15-10-4-8(18)5-11(16)14(10)20-6-13(21)9-3-7(17)1-2-12(9)19/h1-5,13,20-21H,6H2. The fourth-order valence-corrected chi connectivity index (χ4v) is 2.38. The van der Waals surface area contributed by atoms with E-state index in [2.05, 4.69) is 5.32 Å². The Labute approximate surface area is 129 Å². The van der Waals surface area contributed by atoms with Gasteiger partial charge in [-0.15, -0.1) is 0 Å². The molecule has 1 atom stereocenters. The lowest BCUT2D eigenvalue weighted by atomic mass is 10.1. The number of aliphatic hydroxyl groups excluding tert-OH is 1. The highest BCUT2D eigenvalue weighted by Gasteiger charge is 2.15. The Morgan fingerprint density at radius 2 is 1.62 bits per heavy atom. The number of hydrogen-bond acceptors (Lipinski definition) is 2. The van der Waals surface area contributed by atoms with Gasteiger partial charge in [0.2, 0.25) is 0 Å². The second-order valence-electron chi connectivity index (χ2n) is 4.31. The van der Waals surface area contributed by atoms with Gasteiger partial charge in [-0.2, -0.15) is 0 Å². The molecular formula is C14H10Cl2F3NO. The minimum atomic E-state index is -1.32. The third-order valence-electron chi connectivity index (χ3n) is 2.80. The van der Waals surface area contributed by atoms with Gasteiger partial charge < -0.3 is 10.4 Å². The van der Waals surface area contributed by atoms with Gasteiger partial charge in [-0.25, -0.2) is 13.2 Å². The Morgan fingerprint density at radius 1 is 1.00 bits per heavy atom. The van der Waals surface area contributed by atoms with E-state index in [9.17, 15) is 18.3 Å². The van der Waals surface area contributed by atoms with E-state index in [0.29, 0.717) is 0 Å². The lowest BCUT2D eigenvalue weighted by molar-refractivity contribution is 0.186. The molecule has 2 aromatic carbocycles. The van der Waals surface area contributed by atoms with E-state index >= 15 is 0 Å². The van der Waals surface area contributed by atoms with E-state index < -0.39 is 23.6 Å². The molecule has 2 aromatic rings. The van der Waals surface area contributed by atoms with Crippen LogP contribution in [0.2, 0.25) is 10.0 Å². The van der Waals surface area contributed by atoms with E-state index in [1.165, 1.54) is 0 Å². The molecule has 0 aromatic heterocycles. The van der Waals surface area contributed by atoms with Crippen LogP contribution in [0.3, 0.4) is 0 Å². The highest BCUT2D eigenvalue weighted by atomic mass is 35.5. The summed E-state index contributed by atoms with van der Waals surface area (Å²) in [4.78, 5) is 0. The van der Waals surface area contributed by atoms with E-state index in [1.54, 1.807) is 0 Å². The summed E-state index contributed by atoms with van der Waals surface area (Å²) in [6, 6.07) is 4.86. The average molecular weight is 336 g/mol. The summed E-state index contributed by atoms with van der Waals surface area (Å²) in [5.74, 6) is -2.00. The van der Waals surface area contributed by atoms with Crippen LogP contribution in [-0.2, 0) is 0 Å². The number of benzene rings is 2. The predicted octanol–water partition coefficient (Wildman–Crippen LogP) is 4.56. The molecule has 0 radical (unpaired) electrons. The second kappa shape index (κ2) is 6.56. The molecule has 0 amide bonds. The Bertz CT molecular complexity index is 644. The molecule has 0 heterocycles. The molecule has 7 heteroatoms. The Morgan fingerprint density at radius 3 is 2.24 bits per heavy atom. The number of nitrogens with one attached hydrogen (secondary N) is 1. The minimum absolute atomic E-state index is 0.0203. The molecule has 0 aliphatic heterocycles. The normalized spacial score (nSPS) is 12.3. The van der Waals surface area contributed by atoms with Gasteiger partial charge in [0.25, 0.3) is 0 Å². The topological polar surface area (TPSA) is 32.3 Å². The van der Waals surface area contributed by atoms with Gasteiger partial charge in [0.05, 0.1) is 21.8 Å². The molecule has 1 unspecified atom stereocenters. The monoisotopic (exact) mass is 335 g/mol. The molecule has 112 valence electrons. The van der Waals surface area contributed by atoms with Crippen molar-refractivity contribution in [1.82, 2.24) is 0 Å². The van der Waals surface area contributed by atoms with Gasteiger partial charge in [0.15, 0.2) is 0 Å². The van der Waals surface area contributed by atoms with Crippen LogP contribution >= 0.6 is 23.2 Å². The van der Waals surface area contributed by atoms with Crippen LogP contribution < -0.4 is 5.32 Å². The van der Waals surface area contributed by atoms with E-state index in [0.717, 1.165) is 30.3 Å². The third kappa shape index (κ3) is 3.81. The van der Waals surface area contributed by atoms with Crippen molar-refractivity contribution >= 4 is 28.9 Å². The first kappa shape index (κ1) is 15.9. The van der Waals surface area contributed by atoms with Crippen LogP contribution in [0.15, 0.2) is 30.3 Å². The number of halogens is 5. The van der Waals surface area contributed by atoms with Crippen molar-refractivity contribution in [1.29, 1.82) is 0 Å². The Hall–Kier alpha value is -1.43. The summed E-state index contributed by atoms with van der Waals surface area (Å²) in [6.45, 7) is -0.175. The van der Waals surface area contributed by atoms with Gasteiger partial charge in [-0.05, 0) is 30.3 Å². The summed E-state index contributed by atoms with van der Waals surface area (Å²) >= 11 is 11.6. The van der Waals surface area contributed by atoms with E-state index in [-0.39, 0.29) is 27.8 Å². The Balaban J connectivity index is 2.15. The second-order valence-corrected chi connectivity index (χ2v) is 5.12. The van der Waals surface area contributed by atoms with Crippen molar-refractivity contribution in [2.75, 3.05) is 11.9 Å². The summed E-state index contributed by atoms with van der Waals surface area (Å²) in [6.07, 6.45) is -1.32. The van der Waals surface area contributed by atoms with Gasteiger partial charge in [-0.1, -0.05) is 23.2 Å². The molecule has 0 fully saturated rings. The lowest BCUT2D eigenvalue weighted by Gasteiger charge is -2.16. The quantitative estimate of drug-likeness (QED) is 0.858. The van der Waals surface area contributed by atoms with Crippen LogP contribution in [0.5, 0.6) is 0 Å². The van der Waals surface area contributed by atoms with Crippen molar-refractivity contribution in [2.24, 2.45) is 0 Å². The van der Waals surface area contributed by atoms with Crippen LogP contribution in [0, 0.1) is 17.5 Å². The van der Waals surface area contributed by atoms with Crippen molar-refractivity contribution in [3.63, 3.8) is 0 Å². The number of rotatable bonds is 4. The van der Waals surface area contributed by atoms with Gasteiger partial charge >= 0.3 is 0 Å². The lowest BCUT2D eigenvalue weighted by Crippen LogP contribution is -2.14. The van der Waals surface area contributed by atoms with Crippen molar-refractivity contribution in [3.05, 3.63) is 63.4 Å². The highest BCUT2D eigenvalue weighted by molar-refractivity contribution is 6.39. The predicted molar refractivity (Wildman–Crippen MR) is 76.2 cm³/mol. The van der Waals surface area contributed by atoms with E-state index in [1.807, 2.05) is 0 Å². The molecule has 0 aliphatic rings. The van der Waals surface area contributed by atoms with Crippen molar-refractivity contribution < 1.29 is 18.3 Å². The molecule has 21 heavy (non-hydrogen) atoms. The highest BCUT2D eigenvalue weighted by Crippen LogP contribution is 2.32. The SMILES string of the molecule is OC(CNc1c(Cl)cc(F)cc1Cl)c1cc(F)ccc1F. The maximum absolute atomic E-state index is 13.5. The van der Waals surface area contributed by atoms with Crippen LogP contribution in [0.4, 0.5) is 18.9 Å². The third-order valence-corrected chi connectivity index (χ3v) is 3.39. The van der Waals surface area contributed by atoms with Gasteiger partial charge in [-0.3, -0.25) is 0 Å². The van der Waals surface area contributed by atoms with Gasteiger partial charge in [0.1, 0.15) is 17.5 Å². The molecular weight excluding hydrogens is 326 g/mol. The maximum atomic E-state index is 13.5. The van der Waals surface area contributed by atoms with Gasteiger partial charge in [0, 0.05) is 12.1 Å². The average Bonchev–Trinajstić information content (AvgIpc) is 2.40. The Kier molecular flexibility index (Phi) is 4.98. The summed E-state index contributed by atoms with van der Waals surface area (Å²) < 4.78 is 39.6. The largest absolute Gasteiger partial charge is 0.386 e. The van der Waals surface area contributed by atoms with Crippen LogP contribution in [0.25, 0.3) is 0 Å². The smallest absolute Gasteiger partial charge is 0.129 e. The molecule has 2 nitrogen and oxygen atoms in total. The fourth-order valence-electron chi connectivity index (χ4n) is 1.79. The molecule has 2 rings (SSSR count). The zero-order valence-corrected chi connectivity index (χ0v) is 12.0. The van der Waals surface area contributed by atoms with E-state index in [4.69, 9.17) is 23.2 Å².